The molecule has 0 atom stereocenters. The predicted molar refractivity (Wildman–Crippen MR) is 127 cm³/mol. The standard InChI is InChI=1S/C23H24Cl2N6O/c1-4-30-15(3)18(13-27-30)20-12-17(16-8-5-6-9-19(16)28-20)23(32)26-10-7-11-31-22(25)21(24)14(2)29-31/h5-6,8-9,12-13H,4,7,10-11H2,1-3H3,(H,26,32). The zero-order valence-corrected chi connectivity index (χ0v) is 19.7. The monoisotopic (exact) mass is 470 g/mol. The summed E-state index contributed by atoms with van der Waals surface area (Å²) in [6.45, 7) is 7.68. The molecule has 0 unspecified atom stereocenters. The summed E-state index contributed by atoms with van der Waals surface area (Å²) in [6.07, 6.45) is 2.47. The van der Waals surface area contributed by atoms with Gasteiger partial charge in [0.1, 0.15) is 10.2 Å². The largest absolute Gasteiger partial charge is 0.352 e. The van der Waals surface area contributed by atoms with E-state index in [0.29, 0.717) is 40.9 Å². The molecule has 0 aliphatic rings. The minimum absolute atomic E-state index is 0.147. The molecule has 0 radical (unpaired) electrons. The molecule has 0 saturated heterocycles. The van der Waals surface area contributed by atoms with Crippen LogP contribution >= 0.6 is 23.2 Å². The van der Waals surface area contributed by atoms with Crippen LogP contribution in [-0.4, -0.2) is 37.0 Å². The second-order valence-electron chi connectivity index (χ2n) is 7.55. The van der Waals surface area contributed by atoms with E-state index < -0.39 is 0 Å². The number of nitrogens with one attached hydrogen (secondary N) is 1. The Bertz CT molecular complexity index is 1290. The Morgan fingerprint density at radius 3 is 2.62 bits per heavy atom. The Morgan fingerprint density at radius 2 is 1.94 bits per heavy atom. The number of hydrogen-bond donors (Lipinski definition) is 1. The zero-order chi connectivity index (χ0) is 22.8. The van der Waals surface area contributed by atoms with Gasteiger partial charge in [-0.3, -0.25) is 14.2 Å². The fraction of sp³-hybridized carbons (Fsp3) is 0.304. The van der Waals surface area contributed by atoms with Crippen LogP contribution in [0.3, 0.4) is 0 Å². The van der Waals surface area contributed by atoms with Gasteiger partial charge in [0, 0.05) is 36.3 Å². The molecule has 9 heteroatoms. The molecular formula is C23H24Cl2N6O. The van der Waals surface area contributed by atoms with Gasteiger partial charge >= 0.3 is 0 Å². The molecule has 7 nitrogen and oxygen atoms in total. The lowest BCUT2D eigenvalue weighted by Gasteiger charge is -2.11. The number of carbonyl (C=O) groups is 1. The fourth-order valence-electron chi connectivity index (χ4n) is 3.72. The predicted octanol–water partition coefficient (Wildman–Crippen LogP) is 5.06. The van der Waals surface area contributed by atoms with Crippen LogP contribution in [0, 0.1) is 13.8 Å². The lowest BCUT2D eigenvalue weighted by atomic mass is 10.0. The average molecular weight is 471 g/mol. The third-order valence-electron chi connectivity index (χ3n) is 5.47. The van der Waals surface area contributed by atoms with E-state index in [9.17, 15) is 4.79 Å². The van der Waals surface area contributed by atoms with E-state index in [-0.39, 0.29) is 5.91 Å². The quantitative estimate of drug-likeness (QED) is 0.383. The number of benzene rings is 1. The highest BCUT2D eigenvalue weighted by molar-refractivity contribution is 6.41. The minimum Gasteiger partial charge on any atom is -0.352 e. The van der Waals surface area contributed by atoms with Gasteiger partial charge in [0.25, 0.3) is 5.91 Å². The molecule has 1 amide bonds. The smallest absolute Gasteiger partial charge is 0.252 e. The van der Waals surface area contributed by atoms with Crippen LogP contribution in [0.2, 0.25) is 10.2 Å². The van der Waals surface area contributed by atoms with Gasteiger partial charge in [-0.15, -0.1) is 0 Å². The van der Waals surface area contributed by atoms with E-state index in [2.05, 4.69) is 15.5 Å². The lowest BCUT2D eigenvalue weighted by Crippen LogP contribution is -2.25. The van der Waals surface area contributed by atoms with Crippen LogP contribution in [0.4, 0.5) is 0 Å². The van der Waals surface area contributed by atoms with Crippen LogP contribution in [0.1, 0.15) is 35.1 Å². The zero-order valence-electron chi connectivity index (χ0n) is 18.2. The maximum absolute atomic E-state index is 13.1. The van der Waals surface area contributed by atoms with E-state index in [0.717, 1.165) is 34.4 Å². The number of aromatic nitrogens is 5. The second kappa shape index (κ2) is 9.30. The number of carbonyl (C=O) groups excluding carboxylic acids is 1. The van der Waals surface area contributed by atoms with Crippen molar-refractivity contribution in [3.05, 3.63) is 63.7 Å². The Hall–Kier alpha value is -2.90. The number of fused-ring (bicyclic) bond motifs is 1. The topological polar surface area (TPSA) is 77.6 Å². The van der Waals surface area contributed by atoms with Crippen molar-refractivity contribution in [1.29, 1.82) is 0 Å². The Labute approximate surface area is 196 Å². The maximum atomic E-state index is 13.1. The molecule has 3 aromatic heterocycles. The van der Waals surface area contributed by atoms with Crippen molar-refractivity contribution in [3.63, 3.8) is 0 Å². The van der Waals surface area contributed by atoms with E-state index in [4.69, 9.17) is 28.2 Å². The SMILES string of the molecule is CCn1ncc(-c2cc(C(=O)NCCCn3nc(C)c(Cl)c3Cl)c3ccccc3n2)c1C. The van der Waals surface area contributed by atoms with Gasteiger partial charge in [-0.25, -0.2) is 4.98 Å². The molecule has 1 aromatic carbocycles. The third kappa shape index (κ3) is 4.23. The van der Waals surface area contributed by atoms with Crippen LogP contribution in [-0.2, 0) is 13.1 Å². The number of amides is 1. The first-order chi connectivity index (χ1) is 15.4. The lowest BCUT2D eigenvalue weighted by molar-refractivity contribution is 0.0954. The number of para-hydroxylation sites is 1. The van der Waals surface area contributed by atoms with Crippen LogP contribution in [0.15, 0.2) is 36.5 Å². The summed E-state index contributed by atoms with van der Waals surface area (Å²) >= 11 is 12.3. The molecule has 0 fully saturated rings. The summed E-state index contributed by atoms with van der Waals surface area (Å²) in [4.78, 5) is 17.9. The molecule has 0 spiro atoms. The minimum atomic E-state index is -0.147. The first-order valence-corrected chi connectivity index (χ1v) is 11.3. The first-order valence-electron chi connectivity index (χ1n) is 10.5. The number of halogens is 2. The molecule has 32 heavy (non-hydrogen) atoms. The maximum Gasteiger partial charge on any atom is 0.252 e. The molecule has 3 heterocycles. The first kappa shape index (κ1) is 22.3. The molecule has 1 N–H and O–H groups in total. The molecular weight excluding hydrogens is 447 g/mol. The van der Waals surface area contributed by atoms with Crippen molar-refractivity contribution in [2.75, 3.05) is 6.54 Å². The van der Waals surface area contributed by atoms with E-state index >= 15 is 0 Å². The highest BCUT2D eigenvalue weighted by atomic mass is 35.5. The number of aryl methyl sites for hydroxylation is 3. The van der Waals surface area contributed by atoms with Crippen molar-refractivity contribution in [3.8, 4) is 11.3 Å². The van der Waals surface area contributed by atoms with Gasteiger partial charge < -0.3 is 5.32 Å². The number of pyridine rings is 1. The van der Waals surface area contributed by atoms with Gasteiger partial charge in [-0.1, -0.05) is 41.4 Å². The van der Waals surface area contributed by atoms with Gasteiger partial charge in [-0.05, 0) is 39.3 Å². The molecule has 0 saturated carbocycles. The molecule has 0 bridgehead atoms. The van der Waals surface area contributed by atoms with E-state index in [1.54, 1.807) is 10.9 Å². The molecule has 4 rings (SSSR count). The Balaban J connectivity index is 1.55. The Morgan fingerprint density at radius 1 is 1.16 bits per heavy atom. The summed E-state index contributed by atoms with van der Waals surface area (Å²) in [5.41, 5.74) is 4.73. The summed E-state index contributed by atoms with van der Waals surface area (Å²) in [5.74, 6) is -0.147. The van der Waals surface area contributed by atoms with Crippen LogP contribution < -0.4 is 5.32 Å². The fourth-order valence-corrected chi connectivity index (χ4v) is 4.12. The van der Waals surface area contributed by atoms with Crippen LogP contribution in [0.25, 0.3) is 22.2 Å². The molecule has 4 aromatic rings. The average Bonchev–Trinajstić information content (AvgIpc) is 3.29. The van der Waals surface area contributed by atoms with Gasteiger partial charge in [-0.2, -0.15) is 10.2 Å². The summed E-state index contributed by atoms with van der Waals surface area (Å²) in [5, 5.41) is 13.4. The van der Waals surface area contributed by atoms with Gasteiger partial charge in [0.2, 0.25) is 0 Å². The number of hydrogen-bond acceptors (Lipinski definition) is 4. The van der Waals surface area contributed by atoms with Gasteiger partial charge in [0.15, 0.2) is 0 Å². The van der Waals surface area contributed by atoms with Crippen molar-refractivity contribution >= 4 is 40.0 Å². The highest BCUT2D eigenvalue weighted by Gasteiger charge is 2.17. The summed E-state index contributed by atoms with van der Waals surface area (Å²) < 4.78 is 3.57. The highest BCUT2D eigenvalue weighted by Crippen LogP contribution is 2.27. The summed E-state index contributed by atoms with van der Waals surface area (Å²) in [6, 6.07) is 9.50. The third-order valence-corrected chi connectivity index (χ3v) is 6.40. The molecule has 0 aliphatic carbocycles. The second-order valence-corrected chi connectivity index (χ2v) is 8.29. The molecule has 0 aliphatic heterocycles. The number of rotatable bonds is 7. The van der Waals surface area contributed by atoms with Gasteiger partial charge in [0.05, 0.1) is 28.7 Å². The van der Waals surface area contributed by atoms with E-state index in [1.165, 1.54) is 0 Å². The normalized spacial score (nSPS) is 11.3. The van der Waals surface area contributed by atoms with Crippen molar-refractivity contribution in [1.82, 2.24) is 29.9 Å². The van der Waals surface area contributed by atoms with Crippen LogP contribution in [0.5, 0.6) is 0 Å². The number of nitrogens with zero attached hydrogens (tertiary/aromatic N) is 5. The van der Waals surface area contributed by atoms with E-state index in [1.807, 2.05) is 55.8 Å². The molecule has 166 valence electrons. The summed E-state index contributed by atoms with van der Waals surface area (Å²) in [7, 11) is 0. The van der Waals surface area contributed by atoms with Crippen molar-refractivity contribution in [2.45, 2.75) is 40.3 Å². The van der Waals surface area contributed by atoms with Crippen molar-refractivity contribution in [2.24, 2.45) is 0 Å². The Kier molecular flexibility index (Phi) is 6.48. The van der Waals surface area contributed by atoms with Crippen molar-refractivity contribution < 1.29 is 4.79 Å².